The second-order valence-electron chi connectivity index (χ2n) is 5.42. The molecule has 0 amide bonds. The second-order valence-corrected chi connectivity index (χ2v) is 7.51. The highest BCUT2D eigenvalue weighted by atomic mass is 32.2. The number of rotatable bonds is 6. The third-order valence-corrected chi connectivity index (χ3v) is 5.19. The Hall–Kier alpha value is -0.130. The van der Waals surface area contributed by atoms with Crippen molar-refractivity contribution in [2.24, 2.45) is 11.8 Å². The molecule has 1 atom stereocenters. The summed E-state index contributed by atoms with van der Waals surface area (Å²) in [6, 6.07) is 0. The van der Waals surface area contributed by atoms with E-state index in [9.17, 15) is 8.42 Å². The minimum Gasteiger partial charge on any atom is -0.319 e. The summed E-state index contributed by atoms with van der Waals surface area (Å²) in [6.45, 7) is 6.45. The lowest BCUT2D eigenvalue weighted by atomic mass is 10.00. The summed E-state index contributed by atoms with van der Waals surface area (Å²) in [5.41, 5.74) is 0. The van der Waals surface area contributed by atoms with Crippen LogP contribution < -0.4 is 5.32 Å². The van der Waals surface area contributed by atoms with Crippen LogP contribution in [0, 0.1) is 11.8 Å². The molecule has 0 bridgehead atoms. The molecule has 1 heterocycles. The first kappa shape index (κ1) is 14.9. The van der Waals surface area contributed by atoms with E-state index in [1.54, 1.807) is 4.31 Å². The van der Waals surface area contributed by atoms with Gasteiger partial charge in [0, 0.05) is 13.1 Å². The lowest BCUT2D eigenvalue weighted by Gasteiger charge is -2.32. The van der Waals surface area contributed by atoms with Crippen LogP contribution in [0.25, 0.3) is 0 Å². The SMILES string of the molecule is CNCC1CCCN(S(=O)(=O)CCC(C)C)C1. The first-order valence-corrected chi connectivity index (χ1v) is 8.19. The molecule has 0 saturated carbocycles. The molecule has 1 rings (SSSR count). The molecule has 17 heavy (non-hydrogen) atoms. The zero-order valence-corrected chi connectivity index (χ0v) is 12.1. The van der Waals surface area contributed by atoms with Crippen LogP contribution in [0.4, 0.5) is 0 Å². The van der Waals surface area contributed by atoms with E-state index in [0.29, 0.717) is 30.7 Å². The fourth-order valence-corrected chi connectivity index (χ4v) is 4.12. The molecular formula is C12H26N2O2S. The third-order valence-electron chi connectivity index (χ3n) is 3.32. The van der Waals surface area contributed by atoms with Gasteiger partial charge in [0.2, 0.25) is 10.0 Å². The highest BCUT2D eigenvalue weighted by molar-refractivity contribution is 7.89. The molecule has 0 radical (unpaired) electrons. The monoisotopic (exact) mass is 262 g/mol. The summed E-state index contributed by atoms with van der Waals surface area (Å²) in [6.07, 6.45) is 2.89. The molecule has 102 valence electrons. The largest absolute Gasteiger partial charge is 0.319 e. The zero-order chi connectivity index (χ0) is 12.9. The number of sulfonamides is 1. The zero-order valence-electron chi connectivity index (χ0n) is 11.3. The van der Waals surface area contributed by atoms with Gasteiger partial charge in [0.05, 0.1) is 5.75 Å². The van der Waals surface area contributed by atoms with Crippen LogP contribution in [0.2, 0.25) is 0 Å². The van der Waals surface area contributed by atoms with E-state index in [1.165, 1.54) is 0 Å². The van der Waals surface area contributed by atoms with Gasteiger partial charge in [-0.15, -0.1) is 0 Å². The maximum Gasteiger partial charge on any atom is 0.214 e. The number of nitrogens with zero attached hydrogens (tertiary/aromatic N) is 1. The Morgan fingerprint density at radius 2 is 2.12 bits per heavy atom. The van der Waals surface area contributed by atoms with Gasteiger partial charge in [-0.2, -0.15) is 0 Å². The Kier molecular flexibility index (Phi) is 5.89. The van der Waals surface area contributed by atoms with Crippen LogP contribution in [0.15, 0.2) is 0 Å². The summed E-state index contributed by atoms with van der Waals surface area (Å²) < 4.78 is 26.0. The third kappa shape index (κ3) is 4.94. The number of hydrogen-bond donors (Lipinski definition) is 1. The van der Waals surface area contributed by atoms with Crippen molar-refractivity contribution in [3.05, 3.63) is 0 Å². The van der Waals surface area contributed by atoms with Crippen molar-refractivity contribution < 1.29 is 8.42 Å². The average molecular weight is 262 g/mol. The van der Waals surface area contributed by atoms with Gasteiger partial charge >= 0.3 is 0 Å². The van der Waals surface area contributed by atoms with Crippen LogP contribution >= 0.6 is 0 Å². The van der Waals surface area contributed by atoms with Gasteiger partial charge in [0.15, 0.2) is 0 Å². The maximum absolute atomic E-state index is 12.1. The minimum absolute atomic E-state index is 0.303. The van der Waals surface area contributed by atoms with Crippen molar-refractivity contribution in [2.45, 2.75) is 33.1 Å². The molecule has 5 heteroatoms. The van der Waals surface area contributed by atoms with E-state index in [-0.39, 0.29) is 0 Å². The lowest BCUT2D eigenvalue weighted by molar-refractivity contribution is 0.263. The number of piperidine rings is 1. The Morgan fingerprint density at radius 1 is 1.41 bits per heavy atom. The molecule has 1 aliphatic rings. The van der Waals surface area contributed by atoms with Crippen molar-refractivity contribution in [3.8, 4) is 0 Å². The van der Waals surface area contributed by atoms with Crippen molar-refractivity contribution in [1.82, 2.24) is 9.62 Å². The van der Waals surface area contributed by atoms with Gasteiger partial charge in [-0.25, -0.2) is 12.7 Å². The molecule has 1 fully saturated rings. The van der Waals surface area contributed by atoms with E-state index in [0.717, 1.165) is 25.8 Å². The van der Waals surface area contributed by atoms with Gasteiger partial charge in [-0.1, -0.05) is 13.8 Å². The standard InChI is InChI=1S/C12H26N2O2S/c1-11(2)6-8-17(15,16)14-7-4-5-12(10-14)9-13-3/h11-13H,4-10H2,1-3H3. The van der Waals surface area contributed by atoms with Crippen LogP contribution in [-0.2, 0) is 10.0 Å². The van der Waals surface area contributed by atoms with Crippen LogP contribution in [0.5, 0.6) is 0 Å². The van der Waals surface area contributed by atoms with Gasteiger partial charge < -0.3 is 5.32 Å². The highest BCUT2D eigenvalue weighted by Crippen LogP contribution is 2.19. The van der Waals surface area contributed by atoms with E-state index in [4.69, 9.17) is 0 Å². The first-order chi connectivity index (χ1) is 7.95. The lowest BCUT2D eigenvalue weighted by Crippen LogP contribution is -2.43. The van der Waals surface area contributed by atoms with E-state index < -0.39 is 10.0 Å². The minimum atomic E-state index is -3.02. The molecule has 0 aromatic carbocycles. The predicted octanol–water partition coefficient (Wildman–Crippen LogP) is 1.29. The summed E-state index contributed by atoms with van der Waals surface area (Å²) in [5.74, 6) is 1.22. The van der Waals surface area contributed by atoms with Crippen LogP contribution in [-0.4, -0.2) is 45.2 Å². The fraction of sp³-hybridized carbons (Fsp3) is 1.00. The second kappa shape index (κ2) is 6.71. The molecular weight excluding hydrogens is 236 g/mol. The molecule has 0 aromatic heterocycles. The van der Waals surface area contributed by atoms with Crippen molar-refractivity contribution in [1.29, 1.82) is 0 Å². The quantitative estimate of drug-likeness (QED) is 0.785. The molecule has 1 unspecified atom stereocenters. The van der Waals surface area contributed by atoms with Crippen LogP contribution in [0.1, 0.15) is 33.1 Å². The van der Waals surface area contributed by atoms with E-state index in [2.05, 4.69) is 19.2 Å². The molecule has 1 N–H and O–H groups in total. The van der Waals surface area contributed by atoms with Gasteiger partial charge in [0.1, 0.15) is 0 Å². The molecule has 1 saturated heterocycles. The average Bonchev–Trinajstić information content (AvgIpc) is 2.27. The first-order valence-electron chi connectivity index (χ1n) is 6.58. The maximum atomic E-state index is 12.1. The van der Waals surface area contributed by atoms with Crippen molar-refractivity contribution in [3.63, 3.8) is 0 Å². The highest BCUT2D eigenvalue weighted by Gasteiger charge is 2.28. The number of nitrogens with one attached hydrogen (secondary N) is 1. The fourth-order valence-electron chi connectivity index (χ4n) is 2.25. The molecule has 1 aliphatic heterocycles. The van der Waals surface area contributed by atoms with E-state index in [1.807, 2.05) is 7.05 Å². The Balaban J connectivity index is 2.52. The smallest absolute Gasteiger partial charge is 0.214 e. The summed E-state index contributed by atoms with van der Waals surface area (Å²) in [4.78, 5) is 0. The molecule has 0 aliphatic carbocycles. The normalized spacial score (nSPS) is 23.2. The van der Waals surface area contributed by atoms with Crippen LogP contribution in [0.3, 0.4) is 0 Å². The van der Waals surface area contributed by atoms with Crippen molar-refractivity contribution >= 4 is 10.0 Å². The Morgan fingerprint density at radius 3 is 2.71 bits per heavy atom. The molecule has 0 spiro atoms. The topological polar surface area (TPSA) is 49.4 Å². The molecule has 4 nitrogen and oxygen atoms in total. The summed E-state index contributed by atoms with van der Waals surface area (Å²) in [5, 5.41) is 3.14. The van der Waals surface area contributed by atoms with E-state index >= 15 is 0 Å². The van der Waals surface area contributed by atoms with Gasteiger partial charge in [-0.3, -0.25) is 0 Å². The van der Waals surface area contributed by atoms with Gasteiger partial charge in [-0.05, 0) is 44.7 Å². The summed E-state index contributed by atoms with van der Waals surface area (Å²) in [7, 11) is -1.10. The molecule has 0 aromatic rings. The number of hydrogen-bond acceptors (Lipinski definition) is 3. The van der Waals surface area contributed by atoms with Gasteiger partial charge in [0.25, 0.3) is 0 Å². The van der Waals surface area contributed by atoms with Crippen molar-refractivity contribution in [2.75, 3.05) is 32.4 Å². The Labute approximate surface area is 106 Å². The summed E-state index contributed by atoms with van der Waals surface area (Å²) >= 11 is 0. The Bertz CT molecular complexity index is 312. The predicted molar refractivity (Wildman–Crippen MR) is 71.5 cm³/mol.